The maximum Gasteiger partial charge on any atom is 0.255 e. The van der Waals surface area contributed by atoms with Gasteiger partial charge in [-0.15, -0.1) is 0 Å². The van der Waals surface area contributed by atoms with Crippen molar-refractivity contribution in [1.82, 2.24) is 5.32 Å². The number of amides is 1. The van der Waals surface area contributed by atoms with Crippen molar-refractivity contribution in [2.24, 2.45) is 0 Å². The van der Waals surface area contributed by atoms with Crippen molar-refractivity contribution in [1.29, 1.82) is 5.26 Å². The summed E-state index contributed by atoms with van der Waals surface area (Å²) in [5.74, 6) is -0.269. The zero-order valence-corrected chi connectivity index (χ0v) is 7.50. The van der Waals surface area contributed by atoms with Crippen LogP contribution in [-0.4, -0.2) is 38.4 Å². The number of hydrogen-bond acceptors (Lipinski definition) is 4. The number of carbonyl (C=O) groups is 1. The fourth-order valence-corrected chi connectivity index (χ4v) is 1.26. The van der Waals surface area contributed by atoms with E-state index >= 15 is 0 Å². The van der Waals surface area contributed by atoms with E-state index in [1.165, 1.54) is 7.11 Å². The largest absolute Gasteiger partial charge is 0.378 e. The Kier molecular flexibility index (Phi) is 3.23. The smallest absolute Gasteiger partial charge is 0.255 e. The average molecular weight is 184 g/mol. The summed E-state index contributed by atoms with van der Waals surface area (Å²) in [4.78, 5) is 11.5. The Morgan fingerprint density at radius 1 is 1.85 bits per heavy atom. The number of nitrogens with zero attached hydrogens (tertiary/aromatic N) is 1. The predicted molar refractivity (Wildman–Crippen MR) is 43.8 cm³/mol. The molecular formula is C8H12N2O3. The molecule has 0 saturated carbocycles. The highest BCUT2D eigenvalue weighted by Crippen LogP contribution is 2.22. The molecule has 5 heteroatoms. The van der Waals surface area contributed by atoms with Gasteiger partial charge in [-0.25, -0.2) is 0 Å². The second-order valence-corrected chi connectivity index (χ2v) is 2.84. The Bertz CT molecular complexity index is 228. The van der Waals surface area contributed by atoms with Gasteiger partial charge in [-0.05, 0) is 0 Å². The summed E-state index contributed by atoms with van der Waals surface area (Å²) in [7, 11) is 1.47. The van der Waals surface area contributed by atoms with Gasteiger partial charge in [0.2, 0.25) is 0 Å². The van der Waals surface area contributed by atoms with Crippen molar-refractivity contribution >= 4 is 5.91 Å². The van der Waals surface area contributed by atoms with Crippen molar-refractivity contribution in [3.63, 3.8) is 0 Å². The number of methoxy groups -OCH3 is 1. The third-order valence-corrected chi connectivity index (χ3v) is 2.12. The number of hydrogen-bond donors (Lipinski definition) is 1. The Labute approximate surface area is 76.6 Å². The van der Waals surface area contributed by atoms with Gasteiger partial charge in [-0.3, -0.25) is 4.79 Å². The van der Waals surface area contributed by atoms with Crippen LogP contribution in [0.3, 0.4) is 0 Å². The van der Waals surface area contributed by atoms with Crippen molar-refractivity contribution in [3.05, 3.63) is 0 Å². The number of rotatable bonds is 3. The molecule has 5 nitrogen and oxygen atoms in total. The fourth-order valence-electron chi connectivity index (χ4n) is 1.26. The molecule has 0 aromatic rings. The van der Waals surface area contributed by atoms with E-state index in [1.54, 1.807) is 0 Å². The molecule has 13 heavy (non-hydrogen) atoms. The van der Waals surface area contributed by atoms with E-state index in [1.807, 2.05) is 6.07 Å². The number of nitrogens with one attached hydrogen (secondary N) is 1. The van der Waals surface area contributed by atoms with Crippen LogP contribution in [0.2, 0.25) is 0 Å². The monoisotopic (exact) mass is 184 g/mol. The van der Waals surface area contributed by atoms with Crippen LogP contribution in [0.5, 0.6) is 0 Å². The first kappa shape index (κ1) is 9.96. The van der Waals surface area contributed by atoms with Crippen molar-refractivity contribution in [3.8, 4) is 6.07 Å². The predicted octanol–water partition coefficient (Wildman–Crippen LogP) is -0.568. The van der Waals surface area contributed by atoms with E-state index in [2.05, 4.69) is 5.32 Å². The van der Waals surface area contributed by atoms with E-state index in [9.17, 15) is 4.79 Å². The van der Waals surface area contributed by atoms with Gasteiger partial charge in [0, 0.05) is 13.5 Å². The molecule has 1 saturated heterocycles. The molecule has 1 fully saturated rings. The first-order chi connectivity index (χ1) is 6.25. The summed E-state index contributed by atoms with van der Waals surface area (Å²) >= 11 is 0. The Morgan fingerprint density at radius 3 is 3.08 bits per heavy atom. The van der Waals surface area contributed by atoms with Crippen LogP contribution in [0.25, 0.3) is 0 Å². The quantitative estimate of drug-likeness (QED) is 0.596. The zero-order valence-electron chi connectivity index (χ0n) is 7.50. The SMILES string of the molecule is COC1(C(=O)NCC#N)CCOC1. The highest BCUT2D eigenvalue weighted by Gasteiger charge is 2.42. The maximum atomic E-state index is 11.5. The Balaban J connectivity index is 2.55. The highest BCUT2D eigenvalue weighted by atomic mass is 16.6. The van der Waals surface area contributed by atoms with Crippen LogP contribution >= 0.6 is 0 Å². The van der Waals surface area contributed by atoms with Gasteiger partial charge in [-0.2, -0.15) is 5.26 Å². The highest BCUT2D eigenvalue weighted by molar-refractivity contribution is 5.85. The third kappa shape index (κ3) is 1.97. The second-order valence-electron chi connectivity index (χ2n) is 2.84. The van der Waals surface area contributed by atoms with E-state index in [0.717, 1.165) is 0 Å². The minimum atomic E-state index is -0.878. The molecule has 1 heterocycles. The van der Waals surface area contributed by atoms with Gasteiger partial charge < -0.3 is 14.8 Å². The van der Waals surface area contributed by atoms with Gasteiger partial charge in [-0.1, -0.05) is 0 Å². The van der Waals surface area contributed by atoms with Crippen molar-refractivity contribution in [2.75, 3.05) is 26.9 Å². The molecule has 72 valence electrons. The van der Waals surface area contributed by atoms with Crippen LogP contribution in [0.1, 0.15) is 6.42 Å². The van der Waals surface area contributed by atoms with Gasteiger partial charge >= 0.3 is 0 Å². The fraction of sp³-hybridized carbons (Fsp3) is 0.750. The molecule has 0 radical (unpaired) electrons. The van der Waals surface area contributed by atoms with Crippen LogP contribution in [-0.2, 0) is 14.3 Å². The molecule has 0 aromatic carbocycles. The van der Waals surface area contributed by atoms with E-state index in [4.69, 9.17) is 14.7 Å². The molecule has 0 bridgehead atoms. The summed E-state index contributed by atoms with van der Waals surface area (Å²) in [6.07, 6.45) is 0.542. The van der Waals surface area contributed by atoms with Crippen molar-refractivity contribution in [2.45, 2.75) is 12.0 Å². The first-order valence-electron chi connectivity index (χ1n) is 4.03. The normalized spacial score (nSPS) is 26.8. The van der Waals surface area contributed by atoms with Gasteiger partial charge in [0.1, 0.15) is 6.54 Å². The molecule has 1 atom stereocenters. The average Bonchev–Trinajstić information content (AvgIpc) is 2.63. The van der Waals surface area contributed by atoms with Crippen LogP contribution in [0.4, 0.5) is 0 Å². The Hall–Kier alpha value is -1.12. The number of nitriles is 1. The molecule has 1 aliphatic rings. The van der Waals surface area contributed by atoms with E-state index in [0.29, 0.717) is 13.0 Å². The summed E-state index contributed by atoms with van der Waals surface area (Å²) < 4.78 is 10.2. The van der Waals surface area contributed by atoms with Crippen molar-refractivity contribution < 1.29 is 14.3 Å². The molecule has 1 aliphatic heterocycles. The molecule has 1 amide bonds. The molecule has 0 aromatic heterocycles. The second kappa shape index (κ2) is 4.21. The van der Waals surface area contributed by atoms with Gasteiger partial charge in [0.25, 0.3) is 5.91 Å². The lowest BCUT2D eigenvalue weighted by Crippen LogP contribution is -2.49. The van der Waals surface area contributed by atoms with E-state index in [-0.39, 0.29) is 19.1 Å². The molecule has 0 spiro atoms. The lowest BCUT2D eigenvalue weighted by molar-refractivity contribution is -0.143. The Morgan fingerprint density at radius 2 is 2.62 bits per heavy atom. The summed E-state index contributed by atoms with van der Waals surface area (Å²) in [6, 6.07) is 1.84. The lowest BCUT2D eigenvalue weighted by atomic mass is 10.0. The molecule has 1 unspecified atom stereocenters. The first-order valence-corrected chi connectivity index (χ1v) is 4.03. The van der Waals surface area contributed by atoms with Gasteiger partial charge in [0.15, 0.2) is 5.60 Å². The lowest BCUT2D eigenvalue weighted by Gasteiger charge is -2.23. The van der Waals surface area contributed by atoms with Crippen LogP contribution in [0.15, 0.2) is 0 Å². The topological polar surface area (TPSA) is 71.3 Å². The van der Waals surface area contributed by atoms with Crippen LogP contribution < -0.4 is 5.32 Å². The minimum absolute atomic E-state index is 0.00391. The van der Waals surface area contributed by atoms with Crippen LogP contribution in [0, 0.1) is 11.3 Å². The number of ether oxygens (including phenoxy) is 2. The zero-order chi connectivity index (χ0) is 9.73. The summed E-state index contributed by atoms with van der Waals surface area (Å²) in [6.45, 7) is 0.790. The summed E-state index contributed by atoms with van der Waals surface area (Å²) in [5, 5.41) is 10.7. The maximum absolute atomic E-state index is 11.5. The standard InChI is InChI=1S/C8H12N2O3/c1-12-8(2-5-13-6-8)7(11)10-4-3-9/h2,4-6H2,1H3,(H,10,11). The van der Waals surface area contributed by atoms with Gasteiger partial charge in [0.05, 0.1) is 19.3 Å². The summed E-state index contributed by atoms with van der Waals surface area (Å²) in [5.41, 5.74) is -0.878. The number of carbonyl (C=O) groups excluding carboxylic acids is 1. The molecule has 1 N–H and O–H groups in total. The minimum Gasteiger partial charge on any atom is -0.378 e. The molecular weight excluding hydrogens is 172 g/mol. The molecule has 1 rings (SSSR count). The third-order valence-electron chi connectivity index (χ3n) is 2.12. The van der Waals surface area contributed by atoms with E-state index < -0.39 is 5.60 Å². The molecule has 0 aliphatic carbocycles.